The Morgan fingerprint density at radius 1 is 1.19 bits per heavy atom. The maximum absolute atomic E-state index is 5.75. The lowest BCUT2D eigenvalue weighted by molar-refractivity contribution is 0.111. The summed E-state index contributed by atoms with van der Waals surface area (Å²) < 4.78 is 0. The van der Waals surface area contributed by atoms with E-state index >= 15 is 0 Å². The van der Waals surface area contributed by atoms with Crippen molar-refractivity contribution in [1.29, 1.82) is 0 Å². The van der Waals surface area contributed by atoms with Crippen LogP contribution in [0.25, 0.3) is 0 Å². The molecule has 0 aromatic heterocycles. The summed E-state index contributed by atoms with van der Waals surface area (Å²) in [5, 5.41) is 0. The van der Waals surface area contributed by atoms with Crippen molar-refractivity contribution >= 4 is 0 Å². The molecular formula is C14H28N2. The number of likely N-dealkylation sites (tertiary alicyclic amines) is 1. The number of piperidine rings is 1. The Labute approximate surface area is 101 Å². The molecule has 0 bridgehead atoms. The molecule has 0 amide bonds. The van der Waals surface area contributed by atoms with Crippen LogP contribution in [0.2, 0.25) is 0 Å². The average molecular weight is 224 g/mol. The molecule has 0 aromatic rings. The zero-order valence-corrected chi connectivity index (χ0v) is 11.2. The molecule has 2 fully saturated rings. The van der Waals surface area contributed by atoms with Crippen LogP contribution in [0.4, 0.5) is 0 Å². The van der Waals surface area contributed by atoms with Gasteiger partial charge in [0.15, 0.2) is 0 Å². The second-order valence-corrected chi connectivity index (χ2v) is 6.83. The second-order valence-electron chi connectivity index (χ2n) is 6.83. The maximum atomic E-state index is 5.75. The molecular weight excluding hydrogens is 196 g/mol. The predicted molar refractivity (Wildman–Crippen MR) is 69.3 cm³/mol. The molecule has 16 heavy (non-hydrogen) atoms. The van der Waals surface area contributed by atoms with Crippen LogP contribution in [0.5, 0.6) is 0 Å². The molecule has 94 valence electrons. The van der Waals surface area contributed by atoms with E-state index in [-0.39, 0.29) is 0 Å². The largest absolute Gasteiger partial charge is 0.330 e. The lowest BCUT2D eigenvalue weighted by atomic mass is 9.90. The van der Waals surface area contributed by atoms with Gasteiger partial charge in [-0.15, -0.1) is 0 Å². The minimum absolute atomic E-state index is 0.564. The molecule has 2 rings (SSSR count). The minimum Gasteiger partial charge on any atom is -0.330 e. The standard InChI is InChI=1S/C14H28N2/c1-11-8-14(2,3)9-13(11)16-6-4-12(10-15)5-7-16/h11-13H,4-10,15H2,1-3H3. The van der Waals surface area contributed by atoms with E-state index in [2.05, 4.69) is 25.7 Å². The van der Waals surface area contributed by atoms with Gasteiger partial charge in [-0.3, -0.25) is 0 Å². The molecule has 1 aliphatic heterocycles. The number of hydrogen-bond donors (Lipinski definition) is 1. The van der Waals surface area contributed by atoms with Gasteiger partial charge in [-0.05, 0) is 62.6 Å². The first kappa shape index (κ1) is 12.4. The maximum Gasteiger partial charge on any atom is 0.0126 e. The summed E-state index contributed by atoms with van der Waals surface area (Å²) in [4.78, 5) is 2.74. The zero-order chi connectivity index (χ0) is 11.8. The Bertz CT molecular complexity index is 229. The highest BCUT2D eigenvalue weighted by atomic mass is 15.2. The molecule has 1 aliphatic carbocycles. The van der Waals surface area contributed by atoms with E-state index in [1.54, 1.807) is 0 Å². The molecule has 2 aliphatic rings. The molecule has 2 unspecified atom stereocenters. The molecule has 2 N–H and O–H groups in total. The van der Waals surface area contributed by atoms with Gasteiger partial charge in [0.05, 0.1) is 0 Å². The lowest BCUT2D eigenvalue weighted by Crippen LogP contribution is -2.44. The topological polar surface area (TPSA) is 29.3 Å². The third-order valence-corrected chi connectivity index (χ3v) is 4.74. The van der Waals surface area contributed by atoms with E-state index in [4.69, 9.17) is 5.73 Å². The molecule has 0 radical (unpaired) electrons. The summed E-state index contributed by atoms with van der Waals surface area (Å²) in [6.45, 7) is 10.8. The Hall–Kier alpha value is -0.0800. The van der Waals surface area contributed by atoms with Gasteiger partial charge in [0.2, 0.25) is 0 Å². The molecule has 2 nitrogen and oxygen atoms in total. The van der Waals surface area contributed by atoms with E-state index in [9.17, 15) is 0 Å². The third kappa shape index (κ3) is 2.60. The first-order chi connectivity index (χ1) is 7.52. The average Bonchev–Trinajstić information content (AvgIpc) is 2.52. The fourth-order valence-electron chi connectivity index (χ4n) is 3.87. The smallest absolute Gasteiger partial charge is 0.0126 e. The van der Waals surface area contributed by atoms with Gasteiger partial charge in [-0.25, -0.2) is 0 Å². The normalized spacial score (nSPS) is 36.8. The van der Waals surface area contributed by atoms with E-state index < -0.39 is 0 Å². The van der Waals surface area contributed by atoms with Crippen LogP contribution in [0.15, 0.2) is 0 Å². The van der Waals surface area contributed by atoms with E-state index in [1.165, 1.54) is 38.8 Å². The van der Waals surface area contributed by atoms with Crippen molar-refractivity contribution in [2.24, 2.45) is 23.0 Å². The van der Waals surface area contributed by atoms with Crippen molar-refractivity contribution in [2.45, 2.75) is 52.5 Å². The summed E-state index contributed by atoms with van der Waals surface area (Å²) in [7, 11) is 0. The number of rotatable bonds is 2. The summed E-state index contributed by atoms with van der Waals surface area (Å²) >= 11 is 0. The predicted octanol–water partition coefficient (Wildman–Crippen LogP) is 2.48. The summed E-state index contributed by atoms with van der Waals surface area (Å²) in [5.74, 6) is 1.67. The van der Waals surface area contributed by atoms with Crippen LogP contribution >= 0.6 is 0 Å². The number of nitrogens with zero attached hydrogens (tertiary/aromatic N) is 1. The quantitative estimate of drug-likeness (QED) is 0.781. The summed E-state index contributed by atoms with van der Waals surface area (Å²) in [6.07, 6.45) is 5.43. The molecule has 0 aromatic carbocycles. The van der Waals surface area contributed by atoms with Gasteiger partial charge in [0.25, 0.3) is 0 Å². The van der Waals surface area contributed by atoms with E-state index in [0.717, 1.165) is 24.4 Å². The molecule has 0 spiro atoms. The van der Waals surface area contributed by atoms with Crippen LogP contribution in [0.3, 0.4) is 0 Å². The van der Waals surface area contributed by atoms with Crippen LogP contribution < -0.4 is 5.73 Å². The Morgan fingerprint density at radius 2 is 1.81 bits per heavy atom. The van der Waals surface area contributed by atoms with E-state index in [1.807, 2.05) is 0 Å². The van der Waals surface area contributed by atoms with Gasteiger partial charge < -0.3 is 10.6 Å². The molecule has 2 atom stereocenters. The van der Waals surface area contributed by atoms with Gasteiger partial charge in [-0.2, -0.15) is 0 Å². The third-order valence-electron chi connectivity index (χ3n) is 4.74. The summed E-state index contributed by atoms with van der Waals surface area (Å²) in [5.41, 5.74) is 6.32. The second kappa shape index (κ2) is 4.66. The highest BCUT2D eigenvalue weighted by Gasteiger charge is 2.40. The van der Waals surface area contributed by atoms with Crippen molar-refractivity contribution in [3.8, 4) is 0 Å². The monoisotopic (exact) mass is 224 g/mol. The highest BCUT2D eigenvalue weighted by molar-refractivity contribution is 4.93. The van der Waals surface area contributed by atoms with Crippen molar-refractivity contribution in [3.63, 3.8) is 0 Å². The Balaban J connectivity index is 1.90. The minimum atomic E-state index is 0.564. The first-order valence-corrected chi connectivity index (χ1v) is 6.96. The van der Waals surface area contributed by atoms with Crippen LogP contribution in [-0.4, -0.2) is 30.6 Å². The summed E-state index contributed by atoms with van der Waals surface area (Å²) in [6, 6.07) is 0.841. The van der Waals surface area contributed by atoms with Crippen molar-refractivity contribution in [3.05, 3.63) is 0 Å². The fraction of sp³-hybridized carbons (Fsp3) is 1.00. The zero-order valence-electron chi connectivity index (χ0n) is 11.2. The first-order valence-electron chi connectivity index (χ1n) is 6.96. The fourth-order valence-corrected chi connectivity index (χ4v) is 3.87. The van der Waals surface area contributed by atoms with Crippen molar-refractivity contribution in [2.75, 3.05) is 19.6 Å². The van der Waals surface area contributed by atoms with Crippen molar-refractivity contribution in [1.82, 2.24) is 4.90 Å². The van der Waals surface area contributed by atoms with E-state index in [0.29, 0.717) is 5.41 Å². The van der Waals surface area contributed by atoms with Gasteiger partial charge >= 0.3 is 0 Å². The van der Waals surface area contributed by atoms with Gasteiger partial charge in [0.1, 0.15) is 0 Å². The van der Waals surface area contributed by atoms with Crippen molar-refractivity contribution < 1.29 is 0 Å². The molecule has 1 saturated carbocycles. The molecule has 1 saturated heterocycles. The van der Waals surface area contributed by atoms with Crippen LogP contribution in [0, 0.1) is 17.3 Å². The Morgan fingerprint density at radius 3 is 2.25 bits per heavy atom. The van der Waals surface area contributed by atoms with Crippen LogP contribution in [0.1, 0.15) is 46.5 Å². The number of nitrogens with two attached hydrogens (primary N) is 1. The number of hydrogen-bond acceptors (Lipinski definition) is 2. The van der Waals surface area contributed by atoms with Crippen LogP contribution in [-0.2, 0) is 0 Å². The highest BCUT2D eigenvalue weighted by Crippen LogP contribution is 2.43. The lowest BCUT2D eigenvalue weighted by Gasteiger charge is -2.37. The van der Waals surface area contributed by atoms with Gasteiger partial charge in [0, 0.05) is 6.04 Å². The molecule has 1 heterocycles. The molecule has 2 heteroatoms. The Kier molecular flexibility index (Phi) is 3.60. The SMILES string of the molecule is CC1CC(C)(C)CC1N1CCC(CN)CC1. The van der Waals surface area contributed by atoms with Gasteiger partial charge in [-0.1, -0.05) is 20.8 Å².